The summed E-state index contributed by atoms with van der Waals surface area (Å²) in [7, 11) is 1.81. The monoisotopic (exact) mass is 396 g/mol. The lowest BCUT2D eigenvalue weighted by Gasteiger charge is -2.23. The lowest BCUT2D eigenvalue weighted by molar-refractivity contribution is 0.0739. The van der Waals surface area contributed by atoms with Crippen LogP contribution in [0.1, 0.15) is 44.0 Å². The fraction of sp³-hybridized carbons (Fsp3) is 0.500. The van der Waals surface area contributed by atoms with Gasteiger partial charge < -0.3 is 10.6 Å². The zero-order chi connectivity index (χ0) is 15.6. The van der Waals surface area contributed by atoms with Gasteiger partial charge in [-0.05, 0) is 27.3 Å². The minimum Gasteiger partial charge on any atom is -0.333 e. The molecular formula is C14H22Cl2N4OS2. The van der Waals surface area contributed by atoms with Crippen molar-refractivity contribution in [1.82, 2.24) is 14.9 Å². The van der Waals surface area contributed by atoms with Crippen LogP contribution >= 0.6 is 47.5 Å². The van der Waals surface area contributed by atoms with Gasteiger partial charge in [-0.3, -0.25) is 4.79 Å². The van der Waals surface area contributed by atoms with E-state index in [1.807, 2.05) is 27.8 Å². The fourth-order valence-electron chi connectivity index (χ4n) is 2.11. The van der Waals surface area contributed by atoms with Gasteiger partial charge in [-0.25, -0.2) is 9.97 Å². The summed E-state index contributed by atoms with van der Waals surface area (Å²) >= 11 is 3.12. The molecule has 0 saturated carbocycles. The second-order valence-electron chi connectivity index (χ2n) is 4.94. The SMILES string of the molecule is Cc1nc(C)c(C(C)N(C)C(=O)c2csc(CCN)n2)s1.Cl.Cl. The first-order valence-corrected chi connectivity index (χ1v) is 8.49. The van der Waals surface area contributed by atoms with Gasteiger partial charge in [0.2, 0.25) is 0 Å². The molecule has 2 aromatic heterocycles. The highest BCUT2D eigenvalue weighted by Crippen LogP contribution is 2.29. The minimum atomic E-state index is -0.0625. The number of nitrogens with zero attached hydrogens (tertiary/aromatic N) is 3. The molecule has 0 fully saturated rings. The van der Waals surface area contributed by atoms with Crippen molar-refractivity contribution in [3.63, 3.8) is 0 Å². The first-order chi connectivity index (χ1) is 9.93. The Hall–Kier alpha value is -0.730. The number of hydrogen-bond donors (Lipinski definition) is 1. The molecule has 5 nitrogen and oxygen atoms in total. The number of carbonyl (C=O) groups excluding carboxylic acids is 1. The number of hydrogen-bond acceptors (Lipinski definition) is 6. The van der Waals surface area contributed by atoms with E-state index in [9.17, 15) is 4.79 Å². The van der Waals surface area contributed by atoms with Gasteiger partial charge in [0.05, 0.1) is 21.8 Å². The van der Waals surface area contributed by atoms with E-state index < -0.39 is 0 Å². The zero-order valence-electron chi connectivity index (χ0n) is 13.5. The van der Waals surface area contributed by atoms with Gasteiger partial charge in [0.15, 0.2) is 0 Å². The first-order valence-electron chi connectivity index (χ1n) is 6.79. The Balaban J connectivity index is 0.00000242. The summed E-state index contributed by atoms with van der Waals surface area (Å²) in [6.45, 7) is 6.53. The first kappa shape index (κ1) is 22.3. The molecule has 2 N–H and O–H groups in total. The van der Waals surface area contributed by atoms with Gasteiger partial charge in [0, 0.05) is 23.7 Å². The Bertz CT molecular complexity index is 645. The van der Waals surface area contributed by atoms with Crippen molar-refractivity contribution >= 4 is 53.4 Å². The van der Waals surface area contributed by atoms with Crippen molar-refractivity contribution in [1.29, 1.82) is 0 Å². The average Bonchev–Trinajstić information content (AvgIpc) is 3.03. The van der Waals surface area contributed by atoms with Crippen LogP contribution in [0.4, 0.5) is 0 Å². The van der Waals surface area contributed by atoms with Crippen LogP contribution < -0.4 is 5.73 Å². The Kier molecular flexibility index (Phi) is 9.24. The predicted molar refractivity (Wildman–Crippen MR) is 101 cm³/mol. The third kappa shape index (κ3) is 5.12. The van der Waals surface area contributed by atoms with Gasteiger partial charge in [-0.2, -0.15) is 0 Å². The Morgan fingerprint density at radius 1 is 1.35 bits per heavy atom. The average molecular weight is 397 g/mol. The Morgan fingerprint density at radius 2 is 2.00 bits per heavy atom. The summed E-state index contributed by atoms with van der Waals surface area (Å²) in [5, 5.41) is 3.74. The van der Waals surface area contributed by atoms with Crippen molar-refractivity contribution in [2.45, 2.75) is 33.2 Å². The summed E-state index contributed by atoms with van der Waals surface area (Å²) in [5.41, 5.74) is 7.00. The van der Waals surface area contributed by atoms with E-state index in [0.717, 1.165) is 20.6 Å². The number of rotatable bonds is 5. The molecule has 0 saturated heterocycles. The second kappa shape index (κ2) is 9.54. The second-order valence-corrected chi connectivity index (χ2v) is 7.12. The topological polar surface area (TPSA) is 72.1 Å². The summed E-state index contributed by atoms with van der Waals surface area (Å²) in [6.07, 6.45) is 0.713. The minimum absolute atomic E-state index is 0. The zero-order valence-corrected chi connectivity index (χ0v) is 16.8. The van der Waals surface area contributed by atoms with Crippen LogP contribution in [0.5, 0.6) is 0 Å². The maximum Gasteiger partial charge on any atom is 0.273 e. The molecule has 0 aliphatic rings. The molecule has 0 bridgehead atoms. The van der Waals surface area contributed by atoms with Crippen LogP contribution in [0.25, 0.3) is 0 Å². The molecule has 0 aliphatic heterocycles. The Morgan fingerprint density at radius 3 is 2.52 bits per heavy atom. The fourth-order valence-corrected chi connectivity index (χ4v) is 3.93. The van der Waals surface area contributed by atoms with E-state index in [0.29, 0.717) is 18.7 Å². The van der Waals surface area contributed by atoms with E-state index >= 15 is 0 Å². The summed E-state index contributed by atoms with van der Waals surface area (Å²) in [6, 6.07) is -0.0108. The van der Waals surface area contributed by atoms with E-state index in [4.69, 9.17) is 5.73 Å². The molecule has 2 rings (SSSR count). The largest absolute Gasteiger partial charge is 0.333 e. The van der Waals surface area contributed by atoms with Crippen LogP contribution in [0.2, 0.25) is 0 Å². The quantitative estimate of drug-likeness (QED) is 0.840. The van der Waals surface area contributed by atoms with Crippen molar-refractivity contribution in [3.8, 4) is 0 Å². The molecule has 0 aliphatic carbocycles. The van der Waals surface area contributed by atoms with Gasteiger partial charge in [0.1, 0.15) is 5.69 Å². The molecule has 23 heavy (non-hydrogen) atoms. The maximum absolute atomic E-state index is 12.5. The summed E-state index contributed by atoms with van der Waals surface area (Å²) in [5.74, 6) is -0.0625. The molecular weight excluding hydrogens is 375 g/mol. The summed E-state index contributed by atoms with van der Waals surface area (Å²) in [4.78, 5) is 24.2. The molecule has 0 aromatic carbocycles. The molecule has 1 unspecified atom stereocenters. The molecule has 1 amide bonds. The number of carbonyl (C=O) groups is 1. The molecule has 1 atom stereocenters. The molecule has 2 heterocycles. The van der Waals surface area contributed by atoms with Crippen LogP contribution in [0, 0.1) is 13.8 Å². The van der Waals surface area contributed by atoms with Crippen LogP contribution in [-0.2, 0) is 6.42 Å². The molecule has 9 heteroatoms. The highest BCUT2D eigenvalue weighted by molar-refractivity contribution is 7.11. The summed E-state index contributed by atoms with van der Waals surface area (Å²) < 4.78 is 0. The maximum atomic E-state index is 12.5. The van der Waals surface area contributed by atoms with Crippen molar-refractivity contribution in [3.05, 3.63) is 31.7 Å². The third-order valence-corrected chi connectivity index (χ3v) is 5.50. The number of halogens is 2. The normalized spacial score (nSPS) is 11.3. The predicted octanol–water partition coefficient (Wildman–Crippen LogP) is 3.39. The third-order valence-electron chi connectivity index (χ3n) is 3.35. The van der Waals surface area contributed by atoms with Crippen molar-refractivity contribution in [2.75, 3.05) is 13.6 Å². The van der Waals surface area contributed by atoms with E-state index in [1.165, 1.54) is 11.3 Å². The molecule has 0 radical (unpaired) electrons. The van der Waals surface area contributed by atoms with Crippen LogP contribution in [0.15, 0.2) is 5.38 Å². The van der Waals surface area contributed by atoms with Crippen molar-refractivity contribution < 1.29 is 4.79 Å². The number of thiazole rings is 2. The van der Waals surface area contributed by atoms with E-state index in [-0.39, 0.29) is 36.8 Å². The number of nitrogens with two attached hydrogens (primary N) is 1. The lowest BCUT2D eigenvalue weighted by atomic mass is 10.2. The lowest BCUT2D eigenvalue weighted by Crippen LogP contribution is -2.29. The van der Waals surface area contributed by atoms with Gasteiger partial charge >= 0.3 is 0 Å². The standard InChI is InChI=1S/C14H20N4OS2.2ClH/c1-8-13(21-10(3)16-8)9(2)18(4)14(19)11-7-20-12(17-11)5-6-15;;/h7,9H,5-6,15H2,1-4H3;2*1H. The van der Waals surface area contributed by atoms with Crippen LogP contribution in [-0.4, -0.2) is 34.4 Å². The highest BCUT2D eigenvalue weighted by atomic mass is 35.5. The number of aryl methyl sites for hydroxylation is 2. The highest BCUT2D eigenvalue weighted by Gasteiger charge is 2.24. The van der Waals surface area contributed by atoms with Gasteiger partial charge in [-0.15, -0.1) is 47.5 Å². The number of aromatic nitrogens is 2. The Labute approximate surface area is 157 Å². The van der Waals surface area contributed by atoms with Crippen LogP contribution in [0.3, 0.4) is 0 Å². The number of amides is 1. The van der Waals surface area contributed by atoms with Gasteiger partial charge in [-0.1, -0.05) is 0 Å². The van der Waals surface area contributed by atoms with Crippen molar-refractivity contribution in [2.24, 2.45) is 5.73 Å². The molecule has 0 spiro atoms. The molecule has 2 aromatic rings. The smallest absolute Gasteiger partial charge is 0.273 e. The van der Waals surface area contributed by atoms with Gasteiger partial charge in [0.25, 0.3) is 5.91 Å². The van der Waals surface area contributed by atoms with E-state index in [2.05, 4.69) is 9.97 Å². The molecule has 130 valence electrons. The van der Waals surface area contributed by atoms with E-state index in [1.54, 1.807) is 21.6 Å².